The lowest BCUT2D eigenvalue weighted by Gasteiger charge is -2.39. The smallest absolute Gasteiger partial charge is 0.146 e. The summed E-state index contributed by atoms with van der Waals surface area (Å²) in [4.78, 5) is 4.28. The molecule has 0 aliphatic carbocycles. The highest BCUT2D eigenvalue weighted by molar-refractivity contribution is 5.56. The molecule has 21 heavy (non-hydrogen) atoms. The predicted octanol–water partition coefficient (Wildman–Crippen LogP) is 1.74. The number of anilines is 1. The summed E-state index contributed by atoms with van der Waals surface area (Å²) in [5, 5.41) is 9.88. The zero-order valence-corrected chi connectivity index (χ0v) is 13.1. The van der Waals surface area contributed by atoms with Crippen LogP contribution >= 0.6 is 0 Å². The molecule has 0 radical (unpaired) electrons. The lowest BCUT2D eigenvalue weighted by Crippen LogP contribution is -2.51. The number of para-hydroxylation sites is 1. The van der Waals surface area contributed by atoms with Gasteiger partial charge in [0, 0.05) is 38.8 Å². The van der Waals surface area contributed by atoms with Crippen molar-refractivity contribution < 1.29 is 9.50 Å². The van der Waals surface area contributed by atoms with Crippen molar-refractivity contribution in [1.82, 2.24) is 4.90 Å². The number of halogens is 1. The number of nitrogens with two attached hydrogens (primary N) is 1. The monoisotopic (exact) mass is 295 g/mol. The van der Waals surface area contributed by atoms with E-state index >= 15 is 0 Å². The van der Waals surface area contributed by atoms with Gasteiger partial charge in [0.1, 0.15) is 5.82 Å². The molecule has 0 saturated carbocycles. The van der Waals surface area contributed by atoms with Crippen LogP contribution in [0, 0.1) is 5.82 Å². The largest absolute Gasteiger partial charge is 0.389 e. The van der Waals surface area contributed by atoms with E-state index in [-0.39, 0.29) is 11.9 Å². The summed E-state index contributed by atoms with van der Waals surface area (Å²) in [7, 11) is 0. The molecule has 4 nitrogen and oxygen atoms in total. The minimum atomic E-state index is -0.697. The SMILES string of the molecule is C[C@@H](N)c1cccc(F)c1N1CCN(CC(C)(C)O)CC1. The first-order valence-corrected chi connectivity index (χ1v) is 7.51. The second-order valence-corrected chi connectivity index (χ2v) is 6.54. The van der Waals surface area contributed by atoms with Crippen LogP contribution in [0.1, 0.15) is 32.4 Å². The van der Waals surface area contributed by atoms with Gasteiger partial charge in [-0.2, -0.15) is 0 Å². The normalized spacial score (nSPS) is 18.9. The highest BCUT2D eigenvalue weighted by Crippen LogP contribution is 2.29. The van der Waals surface area contributed by atoms with Gasteiger partial charge >= 0.3 is 0 Å². The summed E-state index contributed by atoms with van der Waals surface area (Å²) < 4.78 is 14.2. The predicted molar refractivity (Wildman–Crippen MR) is 84.0 cm³/mol. The number of piperazine rings is 1. The third kappa shape index (κ3) is 4.15. The van der Waals surface area contributed by atoms with E-state index < -0.39 is 5.60 Å². The summed E-state index contributed by atoms with van der Waals surface area (Å²) >= 11 is 0. The van der Waals surface area contributed by atoms with E-state index in [4.69, 9.17) is 5.73 Å². The van der Waals surface area contributed by atoms with Crippen LogP contribution in [-0.2, 0) is 0 Å². The van der Waals surface area contributed by atoms with Gasteiger partial charge in [-0.15, -0.1) is 0 Å². The molecule has 2 rings (SSSR count). The lowest BCUT2D eigenvalue weighted by atomic mass is 10.0. The van der Waals surface area contributed by atoms with Crippen LogP contribution in [-0.4, -0.2) is 48.3 Å². The van der Waals surface area contributed by atoms with E-state index in [0.29, 0.717) is 12.2 Å². The van der Waals surface area contributed by atoms with Gasteiger partial charge < -0.3 is 15.7 Å². The molecule has 1 saturated heterocycles. The number of benzene rings is 1. The van der Waals surface area contributed by atoms with Gasteiger partial charge in [-0.3, -0.25) is 4.90 Å². The zero-order chi connectivity index (χ0) is 15.6. The van der Waals surface area contributed by atoms with Crippen molar-refractivity contribution in [3.05, 3.63) is 29.6 Å². The Bertz CT molecular complexity index is 477. The maximum Gasteiger partial charge on any atom is 0.146 e. The van der Waals surface area contributed by atoms with Crippen molar-refractivity contribution in [3.8, 4) is 0 Å². The Labute approximate surface area is 126 Å². The third-order valence-electron chi connectivity index (χ3n) is 3.81. The average Bonchev–Trinajstić information content (AvgIpc) is 2.37. The van der Waals surface area contributed by atoms with Crippen LogP contribution in [0.3, 0.4) is 0 Å². The van der Waals surface area contributed by atoms with Crippen molar-refractivity contribution in [2.24, 2.45) is 5.73 Å². The first kappa shape index (κ1) is 16.2. The highest BCUT2D eigenvalue weighted by atomic mass is 19.1. The first-order chi connectivity index (χ1) is 9.78. The van der Waals surface area contributed by atoms with Crippen LogP contribution in [0.5, 0.6) is 0 Å². The molecule has 1 fully saturated rings. The maximum atomic E-state index is 14.2. The van der Waals surface area contributed by atoms with Crippen molar-refractivity contribution in [1.29, 1.82) is 0 Å². The van der Waals surface area contributed by atoms with Gasteiger partial charge in [0.25, 0.3) is 0 Å². The summed E-state index contributed by atoms with van der Waals surface area (Å²) in [6, 6.07) is 4.91. The van der Waals surface area contributed by atoms with E-state index in [0.717, 1.165) is 31.7 Å². The Morgan fingerprint density at radius 2 is 1.90 bits per heavy atom. The summed E-state index contributed by atoms with van der Waals surface area (Å²) in [5.74, 6) is -0.208. The average molecular weight is 295 g/mol. The fourth-order valence-corrected chi connectivity index (χ4v) is 2.91. The molecule has 0 amide bonds. The van der Waals surface area contributed by atoms with Gasteiger partial charge in [-0.05, 0) is 32.4 Å². The summed E-state index contributed by atoms with van der Waals surface area (Å²) in [6.45, 7) is 9.26. The number of hydrogen-bond acceptors (Lipinski definition) is 4. The molecule has 0 spiro atoms. The van der Waals surface area contributed by atoms with Gasteiger partial charge in [0.15, 0.2) is 0 Å². The summed E-state index contributed by atoms with van der Waals surface area (Å²) in [6.07, 6.45) is 0. The number of rotatable bonds is 4. The standard InChI is InChI=1S/C16H26FN3O/c1-12(18)13-5-4-6-14(17)15(13)20-9-7-19(8-10-20)11-16(2,3)21/h4-6,12,21H,7-11,18H2,1-3H3/t12-/m1/s1. The van der Waals surface area contributed by atoms with Crippen LogP contribution < -0.4 is 10.6 Å². The number of nitrogens with zero attached hydrogens (tertiary/aromatic N) is 2. The second-order valence-electron chi connectivity index (χ2n) is 6.54. The first-order valence-electron chi connectivity index (χ1n) is 7.51. The topological polar surface area (TPSA) is 52.7 Å². The lowest BCUT2D eigenvalue weighted by molar-refractivity contribution is 0.0344. The zero-order valence-electron chi connectivity index (χ0n) is 13.1. The highest BCUT2D eigenvalue weighted by Gasteiger charge is 2.25. The van der Waals surface area contributed by atoms with E-state index in [1.165, 1.54) is 6.07 Å². The third-order valence-corrected chi connectivity index (χ3v) is 3.81. The van der Waals surface area contributed by atoms with Gasteiger partial charge in [-0.1, -0.05) is 12.1 Å². The fourth-order valence-electron chi connectivity index (χ4n) is 2.91. The van der Waals surface area contributed by atoms with Crippen molar-refractivity contribution in [2.45, 2.75) is 32.4 Å². The van der Waals surface area contributed by atoms with E-state index in [9.17, 15) is 9.50 Å². The van der Waals surface area contributed by atoms with Crippen molar-refractivity contribution >= 4 is 5.69 Å². The number of β-amino-alcohol motifs (C(OH)–C–C–N with tert-alkyl or cyclic N) is 1. The van der Waals surface area contributed by atoms with Crippen LogP contribution in [0.2, 0.25) is 0 Å². The van der Waals surface area contributed by atoms with E-state index in [2.05, 4.69) is 9.80 Å². The molecule has 1 heterocycles. The van der Waals surface area contributed by atoms with Crippen LogP contribution in [0.25, 0.3) is 0 Å². The molecular weight excluding hydrogens is 269 g/mol. The minimum absolute atomic E-state index is 0.190. The molecule has 0 aromatic heterocycles. The molecule has 1 aliphatic rings. The Morgan fingerprint density at radius 3 is 2.43 bits per heavy atom. The quantitative estimate of drug-likeness (QED) is 0.888. The maximum absolute atomic E-state index is 14.2. The molecule has 5 heteroatoms. The van der Waals surface area contributed by atoms with Crippen molar-refractivity contribution in [3.63, 3.8) is 0 Å². The number of aliphatic hydroxyl groups is 1. The van der Waals surface area contributed by atoms with Crippen molar-refractivity contribution in [2.75, 3.05) is 37.6 Å². The van der Waals surface area contributed by atoms with Crippen LogP contribution in [0.15, 0.2) is 18.2 Å². The molecule has 1 atom stereocenters. The van der Waals surface area contributed by atoms with Gasteiger partial charge in [0.05, 0.1) is 11.3 Å². The molecular formula is C16H26FN3O. The Balaban J connectivity index is 2.09. The Kier molecular flexibility index (Phi) is 4.86. The molecule has 1 aliphatic heterocycles. The van der Waals surface area contributed by atoms with Gasteiger partial charge in [0.2, 0.25) is 0 Å². The molecule has 3 N–H and O–H groups in total. The van der Waals surface area contributed by atoms with E-state index in [1.807, 2.05) is 26.8 Å². The van der Waals surface area contributed by atoms with Gasteiger partial charge in [-0.25, -0.2) is 4.39 Å². The summed E-state index contributed by atoms with van der Waals surface area (Å²) in [5.41, 5.74) is 6.75. The van der Waals surface area contributed by atoms with E-state index in [1.54, 1.807) is 6.07 Å². The number of hydrogen-bond donors (Lipinski definition) is 2. The molecule has 0 unspecified atom stereocenters. The Morgan fingerprint density at radius 1 is 1.29 bits per heavy atom. The van der Waals surface area contributed by atoms with Crippen LogP contribution in [0.4, 0.5) is 10.1 Å². The molecule has 0 bridgehead atoms. The molecule has 1 aromatic carbocycles. The second kappa shape index (κ2) is 6.30. The molecule has 118 valence electrons. The fraction of sp³-hybridized carbons (Fsp3) is 0.625. The molecule has 1 aromatic rings. The Hall–Kier alpha value is -1.17. The minimum Gasteiger partial charge on any atom is -0.389 e.